The maximum absolute atomic E-state index is 13.5. The van der Waals surface area contributed by atoms with Crippen molar-refractivity contribution in [3.05, 3.63) is 77.0 Å². The smallest absolute Gasteiger partial charge is 0.328 e. The largest absolute Gasteiger partial charge is 0.480 e. The van der Waals surface area contributed by atoms with Crippen LogP contribution < -0.4 is 0 Å². The molecule has 1 heterocycles. The van der Waals surface area contributed by atoms with Crippen molar-refractivity contribution in [2.24, 2.45) is 10.4 Å². The summed E-state index contributed by atoms with van der Waals surface area (Å²) in [6, 6.07) is 14.5. The zero-order valence-electron chi connectivity index (χ0n) is 18.3. The predicted molar refractivity (Wildman–Crippen MR) is 126 cm³/mol. The summed E-state index contributed by atoms with van der Waals surface area (Å²) >= 11 is 0. The van der Waals surface area contributed by atoms with Crippen molar-refractivity contribution in [3.63, 3.8) is 0 Å². The Balaban J connectivity index is 1.58. The number of nitrogens with zero attached hydrogens (tertiary/aromatic N) is 1. The molecule has 2 N–H and O–H groups in total. The highest BCUT2D eigenvalue weighted by Crippen LogP contribution is 2.46. The Morgan fingerprint density at radius 2 is 1.81 bits per heavy atom. The molecule has 0 spiro atoms. The number of para-hydroxylation sites is 1. The van der Waals surface area contributed by atoms with E-state index in [0.717, 1.165) is 51.6 Å². The fourth-order valence-corrected chi connectivity index (χ4v) is 5.00. The van der Waals surface area contributed by atoms with Crippen LogP contribution in [0.15, 0.2) is 65.3 Å². The molecule has 0 saturated carbocycles. The first-order valence-corrected chi connectivity index (χ1v) is 11.1. The van der Waals surface area contributed by atoms with Gasteiger partial charge in [0.1, 0.15) is 5.71 Å². The Bertz CT molecular complexity index is 1310. The van der Waals surface area contributed by atoms with Crippen molar-refractivity contribution in [2.75, 3.05) is 0 Å². The first-order valence-electron chi connectivity index (χ1n) is 11.1. The molecule has 1 aromatic heterocycles. The van der Waals surface area contributed by atoms with Gasteiger partial charge in [-0.15, -0.1) is 0 Å². The first-order chi connectivity index (χ1) is 15.3. The number of fused-ring (bicyclic) bond motifs is 3. The number of carboxylic acids is 1. The number of allylic oxidation sites excluding steroid dienone is 2. The maximum atomic E-state index is 13.5. The average Bonchev–Trinajstić information content (AvgIpc) is 3.18. The Labute approximate surface area is 186 Å². The summed E-state index contributed by atoms with van der Waals surface area (Å²) in [6.45, 7) is 4.46. The second-order valence-corrected chi connectivity index (χ2v) is 9.57. The summed E-state index contributed by atoms with van der Waals surface area (Å²) in [5.41, 5.74) is 5.93. The number of nitrogens with one attached hydrogen (secondary N) is 1. The van der Waals surface area contributed by atoms with Crippen molar-refractivity contribution in [1.29, 1.82) is 0 Å². The summed E-state index contributed by atoms with van der Waals surface area (Å²) in [4.78, 5) is 33.5. The number of aliphatic carboxylic acids is 1. The molecule has 0 aliphatic heterocycles. The van der Waals surface area contributed by atoms with Crippen LogP contribution in [0.2, 0.25) is 0 Å². The highest BCUT2D eigenvalue weighted by atomic mass is 16.4. The quantitative estimate of drug-likeness (QED) is 0.602. The van der Waals surface area contributed by atoms with Gasteiger partial charge in [-0.3, -0.25) is 9.79 Å². The molecular formula is C27H26N2O3. The summed E-state index contributed by atoms with van der Waals surface area (Å²) in [5, 5.41) is 10.9. The zero-order chi connectivity index (χ0) is 22.5. The van der Waals surface area contributed by atoms with Gasteiger partial charge < -0.3 is 10.1 Å². The second-order valence-electron chi connectivity index (χ2n) is 9.57. The number of carboxylic acid groups (broad SMARTS) is 1. The van der Waals surface area contributed by atoms with Gasteiger partial charge in [0.05, 0.1) is 0 Å². The van der Waals surface area contributed by atoms with Crippen molar-refractivity contribution in [1.82, 2.24) is 4.98 Å². The number of ketones is 1. The van der Waals surface area contributed by atoms with E-state index in [1.165, 1.54) is 0 Å². The standard InChI is InChI=1S/C27H26N2O3/c1-27(2)12-11-20-21(14-27)18-8-3-4-9-19(18)24(25(20)30)29-23(26(31)32)13-16-15-28-22-10-6-5-7-17(16)22/h3-10,15,23,28H,11-14H2,1-2H3,(H,31,32)/b29-24-. The number of H-pyrrole nitrogens is 1. The van der Waals surface area contributed by atoms with Gasteiger partial charge in [-0.25, -0.2) is 4.79 Å². The molecule has 1 atom stereocenters. The number of hydrogen-bond donors (Lipinski definition) is 2. The number of Topliss-reactive ketones (excluding diaryl/α,β-unsaturated/α-hetero) is 1. The number of rotatable bonds is 4. The lowest BCUT2D eigenvalue weighted by Crippen LogP contribution is -2.32. The average molecular weight is 427 g/mol. The third-order valence-corrected chi connectivity index (χ3v) is 6.73. The third kappa shape index (κ3) is 3.48. The molecule has 2 aliphatic carbocycles. The van der Waals surface area contributed by atoms with E-state index in [4.69, 9.17) is 0 Å². The van der Waals surface area contributed by atoms with Gasteiger partial charge in [-0.05, 0) is 47.4 Å². The van der Waals surface area contributed by atoms with Crippen LogP contribution in [0.1, 0.15) is 49.8 Å². The maximum Gasteiger partial charge on any atom is 0.328 e. The van der Waals surface area contributed by atoms with E-state index in [0.29, 0.717) is 6.42 Å². The first kappa shape index (κ1) is 20.4. The predicted octanol–water partition coefficient (Wildman–Crippen LogP) is 5.20. The minimum Gasteiger partial charge on any atom is -0.480 e. The Kier molecular flexibility index (Phi) is 4.85. The zero-order valence-corrected chi connectivity index (χ0v) is 18.3. The van der Waals surface area contributed by atoms with Crippen molar-refractivity contribution in [3.8, 4) is 0 Å². The van der Waals surface area contributed by atoms with Gasteiger partial charge in [0, 0.05) is 34.7 Å². The molecule has 162 valence electrons. The number of carbonyl (C=O) groups excluding carboxylic acids is 1. The van der Waals surface area contributed by atoms with Crippen molar-refractivity contribution >= 4 is 33.9 Å². The van der Waals surface area contributed by atoms with Crippen molar-refractivity contribution < 1.29 is 14.7 Å². The van der Waals surface area contributed by atoms with Crippen LogP contribution in [0.25, 0.3) is 16.5 Å². The second kappa shape index (κ2) is 7.59. The van der Waals surface area contributed by atoms with Gasteiger partial charge in [-0.1, -0.05) is 56.3 Å². The molecule has 0 bridgehead atoms. The molecule has 0 radical (unpaired) electrons. The molecule has 0 saturated heterocycles. The molecule has 0 fully saturated rings. The highest BCUT2D eigenvalue weighted by molar-refractivity contribution is 6.54. The van der Waals surface area contributed by atoms with Crippen LogP contribution in [-0.4, -0.2) is 33.6 Å². The molecule has 32 heavy (non-hydrogen) atoms. The van der Waals surface area contributed by atoms with Crippen LogP contribution in [0.3, 0.4) is 0 Å². The Hall–Kier alpha value is -3.47. The minimum atomic E-state index is -1.04. The molecule has 2 aliphatic rings. The monoisotopic (exact) mass is 426 g/mol. The van der Waals surface area contributed by atoms with E-state index in [9.17, 15) is 14.7 Å². The fourth-order valence-electron chi connectivity index (χ4n) is 5.00. The normalized spacial score (nSPS) is 19.7. The lowest BCUT2D eigenvalue weighted by atomic mass is 9.68. The van der Waals surface area contributed by atoms with E-state index in [2.05, 4.69) is 23.8 Å². The van der Waals surface area contributed by atoms with Gasteiger partial charge in [0.25, 0.3) is 0 Å². The van der Waals surface area contributed by atoms with E-state index >= 15 is 0 Å². The summed E-state index contributed by atoms with van der Waals surface area (Å²) < 4.78 is 0. The number of benzene rings is 2. The number of aliphatic imine (C=N–C) groups is 1. The van der Waals surface area contributed by atoms with E-state index in [1.54, 1.807) is 0 Å². The lowest BCUT2D eigenvalue weighted by molar-refractivity contribution is -0.138. The number of aromatic amines is 1. The van der Waals surface area contributed by atoms with Gasteiger partial charge in [0.15, 0.2) is 6.04 Å². The van der Waals surface area contributed by atoms with E-state index < -0.39 is 12.0 Å². The van der Waals surface area contributed by atoms with Crippen molar-refractivity contribution in [2.45, 2.75) is 45.6 Å². The van der Waals surface area contributed by atoms with Gasteiger partial charge >= 0.3 is 5.97 Å². The van der Waals surface area contributed by atoms with Crippen LogP contribution in [0.4, 0.5) is 0 Å². The van der Waals surface area contributed by atoms with E-state index in [1.807, 2.05) is 54.7 Å². The SMILES string of the molecule is CC1(C)CCC2=C(C1)c1ccccc1/C(=N/C(Cc1c[nH]c3ccccc13)C(=O)O)C2=O. The molecule has 2 aromatic carbocycles. The number of aromatic nitrogens is 1. The van der Waals surface area contributed by atoms with E-state index in [-0.39, 0.29) is 23.3 Å². The van der Waals surface area contributed by atoms with Crippen LogP contribution in [0.5, 0.6) is 0 Å². The molecule has 5 nitrogen and oxygen atoms in total. The third-order valence-electron chi connectivity index (χ3n) is 6.73. The molecule has 5 heteroatoms. The molecule has 3 aromatic rings. The van der Waals surface area contributed by atoms with Crippen LogP contribution in [-0.2, 0) is 16.0 Å². The molecule has 1 unspecified atom stereocenters. The van der Waals surface area contributed by atoms with Gasteiger partial charge in [-0.2, -0.15) is 0 Å². The van der Waals surface area contributed by atoms with Gasteiger partial charge in [0.2, 0.25) is 5.78 Å². The minimum absolute atomic E-state index is 0.112. The molecule has 5 rings (SSSR count). The number of carbonyl (C=O) groups is 2. The summed E-state index contributed by atoms with van der Waals surface area (Å²) in [7, 11) is 0. The lowest BCUT2D eigenvalue weighted by Gasteiger charge is -2.36. The topological polar surface area (TPSA) is 82.5 Å². The summed E-state index contributed by atoms with van der Waals surface area (Å²) in [5.74, 6) is -1.14. The highest BCUT2D eigenvalue weighted by Gasteiger charge is 2.37. The molecular weight excluding hydrogens is 400 g/mol. The van der Waals surface area contributed by atoms with Crippen LogP contribution >= 0.6 is 0 Å². The Morgan fingerprint density at radius 3 is 2.59 bits per heavy atom. The van der Waals surface area contributed by atoms with Crippen LogP contribution in [0, 0.1) is 5.41 Å². The Morgan fingerprint density at radius 1 is 1.09 bits per heavy atom. The number of hydrogen-bond acceptors (Lipinski definition) is 3. The summed E-state index contributed by atoms with van der Waals surface area (Å²) in [6.07, 6.45) is 4.54. The fraction of sp³-hybridized carbons (Fsp3) is 0.296. The molecule has 0 amide bonds.